The molecule has 1 aromatic rings. The predicted octanol–water partition coefficient (Wildman–Crippen LogP) is 6.71. The average molecular weight is 606 g/mol. The number of alkyl halides is 6. The number of ether oxygens (including phenoxy) is 1. The predicted molar refractivity (Wildman–Crippen MR) is 135 cm³/mol. The van der Waals surface area contributed by atoms with Crippen molar-refractivity contribution in [2.75, 3.05) is 24.3 Å². The largest absolute Gasteiger partial charge is 0.491 e. The Kier molecular flexibility index (Phi) is 8.83. The minimum atomic E-state index is -5.46. The lowest BCUT2D eigenvalue weighted by molar-refractivity contribution is -0.148. The molecule has 0 aromatic heterocycles. The summed E-state index contributed by atoms with van der Waals surface area (Å²) in [5.41, 5.74) is -1.52. The molecule has 0 radical (unpaired) electrons. The van der Waals surface area contributed by atoms with Crippen LogP contribution in [0.5, 0.6) is 5.75 Å². The second kappa shape index (κ2) is 10.9. The maximum Gasteiger partial charge on any atom is 0.354 e. The van der Waals surface area contributed by atoms with Gasteiger partial charge in [-0.2, -0.15) is 8.78 Å². The highest BCUT2D eigenvalue weighted by atomic mass is 32.2. The molecule has 1 N–H and O–H groups in total. The molecule has 0 saturated heterocycles. The van der Waals surface area contributed by atoms with Gasteiger partial charge in [0.25, 0.3) is 0 Å². The van der Waals surface area contributed by atoms with E-state index in [9.17, 15) is 35.9 Å². The molecule has 0 amide bonds. The third kappa shape index (κ3) is 6.74. The first-order chi connectivity index (χ1) is 17.7. The minimum Gasteiger partial charge on any atom is -0.491 e. The summed E-state index contributed by atoms with van der Waals surface area (Å²) in [4.78, 5) is 12.4. The van der Waals surface area contributed by atoms with E-state index in [4.69, 9.17) is 4.74 Å². The van der Waals surface area contributed by atoms with Crippen molar-refractivity contribution in [2.45, 2.75) is 92.2 Å². The Hall–Kier alpha value is -1.83. The number of carboxylic acids is 1. The summed E-state index contributed by atoms with van der Waals surface area (Å²) in [5, 5.41) is 4.94. The number of thioether (sulfide) groups is 1. The molecular weight excluding hydrogens is 572 g/mol. The number of carboxylic acid groups (broad SMARTS) is 1. The number of anilines is 1. The summed E-state index contributed by atoms with van der Waals surface area (Å²) >= 11 is 1.10. The zero-order valence-electron chi connectivity index (χ0n) is 22.1. The molecule has 1 saturated carbocycles. The Morgan fingerprint density at radius 2 is 1.74 bits per heavy atom. The molecule has 1 heterocycles. The summed E-state index contributed by atoms with van der Waals surface area (Å²) in [6.07, 6.45) is -1.42. The van der Waals surface area contributed by atoms with Crippen LogP contribution in [0.1, 0.15) is 59.3 Å². The first-order valence-electron chi connectivity index (χ1n) is 12.4. The van der Waals surface area contributed by atoms with E-state index in [2.05, 4.69) is 0 Å². The molecule has 0 bridgehead atoms. The molecule has 1 atom stereocenters. The van der Waals surface area contributed by atoms with Crippen LogP contribution in [-0.4, -0.2) is 62.0 Å². The van der Waals surface area contributed by atoms with Gasteiger partial charge in [0.2, 0.25) is 21.7 Å². The van der Waals surface area contributed by atoms with Crippen molar-refractivity contribution < 1.29 is 49.4 Å². The van der Waals surface area contributed by atoms with E-state index in [-0.39, 0.29) is 24.3 Å². The molecule has 14 heteroatoms. The molecule has 3 rings (SSSR count). The van der Waals surface area contributed by atoms with Crippen LogP contribution in [0.4, 0.5) is 32.0 Å². The summed E-state index contributed by atoms with van der Waals surface area (Å²) < 4.78 is 119. The van der Waals surface area contributed by atoms with E-state index in [0.29, 0.717) is 11.8 Å². The number of hydrogen-bond donors (Lipinski definition) is 1. The van der Waals surface area contributed by atoms with E-state index in [1.165, 1.54) is 24.8 Å². The average Bonchev–Trinajstić information content (AvgIpc) is 2.87. The molecular formula is C25H33F6NO5S2. The highest BCUT2D eigenvalue weighted by Crippen LogP contribution is 2.50. The smallest absolute Gasteiger partial charge is 0.354 e. The number of fused-ring (bicyclic) bond motifs is 1. The normalized spacial score (nSPS) is 23.1. The SMILES string of the molecule is CSc1cc2c(cc1OCC(C)(C)C(=O)O)S(=O)(=O)C(F)(F)[C@H](CCC(C)(F)F)CN2C1CCC(F)(F)CC1. The summed E-state index contributed by atoms with van der Waals surface area (Å²) in [6.45, 7) is 2.28. The topological polar surface area (TPSA) is 83.9 Å². The molecule has 222 valence electrons. The van der Waals surface area contributed by atoms with Gasteiger partial charge in [0.05, 0.1) is 21.9 Å². The van der Waals surface area contributed by atoms with Gasteiger partial charge in [-0.3, -0.25) is 4.79 Å². The summed E-state index contributed by atoms with van der Waals surface area (Å²) in [7, 11) is -5.46. The lowest BCUT2D eigenvalue weighted by atomic mass is 9.89. The number of rotatable bonds is 9. The van der Waals surface area contributed by atoms with Crippen molar-refractivity contribution >= 4 is 33.3 Å². The number of aliphatic carboxylic acids is 1. The van der Waals surface area contributed by atoms with Crippen LogP contribution >= 0.6 is 11.8 Å². The summed E-state index contributed by atoms with van der Waals surface area (Å²) in [5.74, 6) is -9.62. The Morgan fingerprint density at radius 1 is 1.15 bits per heavy atom. The highest BCUT2D eigenvalue weighted by molar-refractivity contribution is 7.98. The van der Waals surface area contributed by atoms with Gasteiger partial charge in [-0.1, -0.05) is 0 Å². The van der Waals surface area contributed by atoms with Gasteiger partial charge >= 0.3 is 11.2 Å². The lowest BCUT2D eigenvalue weighted by Crippen LogP contribution is -2.46. The summed E-state index contributed by atoms with van der Waals surface area (Å²) in [6, 6.07) is 1.51. The monoisotopic (exact) mass is 605 g/mol. The van der Waals surface area contributed by atoms with E-state index in [0.717, 1.165) is 17.8 Å². The number of sulfone groups is 1. The van der Waals surface area contributed by atoms with Crippen molar-refractivity contribution in [3.8, 4) is 5.75 Å². The zero-order chi connectivity index (χ0) is 29.6. The molecule has 1 aromatic carbocycles. The first kappa shape index (κ1) is 31.7. The van der Waals surface area contributed by atoms with E-state index >= 15 is 8.78 Å². The Labute approximate surface area is 228 Å². The molecule has 1 fully saturated rings. The Bertz CT molecular complexity index is 1180. The van der Waals surface area contributed by atoms with E-state index in [1.807, 2.05) is 0 Å². The van der Waals surface area contributed by atoms with Gasteiger partial charge in [0.15, 0.2) is 0 Å². The van der Waals surface area contributed by atoms with Crippen LogP contribution < -0.4 is 9.64 Å². The maximum atomic E-state index is 15.7. The standard InChI is InChI=1S/C25H33F6NO5S2/c1-22(2,21(33)34)14-37-18-12-20-17(11-19(18)38-4)32(16-6-9-24(28,29)10-7-16)13-15(5-8-23(3,26)27)25(30,31)39(20,35)36/h11-12,15-16H,5-10,13-14H2,1-4H3,(H,33,34)/t15-/m1/s1. The second-order valence-corrected chi connectivity index (χ2v) is 13.9. The highest BCUT2D eigenvalue weighted by Gasteiger charge is 2.57. The van der Waals surface area contributed by atoms with Gasteiger partial charge in [-0.25, -0.2) is 26.0 Å². The van der Waals surface area contributed by atoms with Crippen molar-refractivity contribution in [3.63, 3.8) is 0 Å². The van der Waals surface area contributed by atoms with Gasteiger partial charge < -0.3 is 14.7 Å². The van der Waals surface area contributed by atoms with Gasteiger partial charge in [0, 0.05) is 37.9 Å². The first-order valence-corrected chi connectivity index (χ1v) is 15.2. The van der Waals surface area contributed by atoms with Gasteiger partial charge in [0.1, 0.15) is 17.3 Å². The third-order valence-corrected chi connectivity index (χ3v) is 10.0. The number of halogens is 6. The Morgan fingerprint density at radius 3 is 2.26 bits per heavy atom. The van der Waals surface area contributed by atoms with Crippen LogP contribution in [0.2, 0.25) is 0 Å². The lowest BCUT2D eigenvalue weighted by Gasteiger charge is -2.39. The fourth-order valence-corrected chi connectivity index (χ4v) is 6.93. The number of carbonyl (C=O) groups is 1. The second-order valence-electron chi connectivity index (χ2n) is 11.1. The molecule has 2 aliphatic rings. The Balaban J connectivity index is 2.16. The molecule has 0 unspecified atom stereocenters. The van der Waals surface area contributed by atoms with Crippen molar-refractivity contribution in [1.29, 1.82) is 0 Å². The van der Waals surface area contributed by atoms with Crippen molar-refractivity contribution in [1.82, 2.24) is 0 Å². The quantitative estimate of drug-likeness (QED) is 0.247. The van der Waals surface area contributed by atoms with Gasteiger partial charge in [-0.15, -0.1) is 11.8 Å². The number of benzene rings is 1. The molecule has 6 nitrogen and oxygen atoms in total. The van der Waals surface area contributed by atoms with Crippen molar-refractivity contribution in [3.05, 3.63) is 12.1 Å². The molecule has 1 aliphatic heterocycles. The van der Waals surface area contributed by atoms with Crippen LogP contribution in [0, 0.1) is 11.3 Å². The van der Waals surface area contributed by atoms with Crippen LogP contribution in [0.25, 0.3) is 0 Å². The fraction of sp³-hybridized carbons (Fsp3) is 0.720. The van der Waals surface area contributed by atoms with Crippen molar-refractivity contribution in [2.24, 2.45) is 11.3 Å². The molecule has 1 aliphatic carbocycles. The molecule has 39 heavy (non-hydrogen) atoms. The molecule has 0 spiro atoms. The van der Waals surface area contributed by atoms with Gasteiger partial charge in [-0.05, 0) is 52.4 Å². The third-order valence-electron chi connectivity index (χ3n) is 7.32. The fourth-order valence-electron chi connectivity index (χ4n) is 4.74. The minimum absolute atomic E-state index is 0.103. The van der Waals surface area contributed by atoms with Crippen LogP contribution in [0.3, 0.4) is 0 Å². The number of nitrogens with zero attached hydrogens (tertiary/aromatic N) is 1. The van der Waals surface area contributed by atoms with E-state index in [1.54, 1.807) is 6.26 Å². The van der Waals surface area contributed by atoms with E-state index < -0.39 is 94.0 Å². The zero-order valence-corrected chi connectivity index (χ0v) is 23.7. The van der Waals surface area contributed by atoms with Crippen LogP contribution in [-0.2, 0) is 14.6 Å². The maximum absolute atomic E-state index is 15.7. The number of hydrogen-bond acceptors (Lipinski definition) is 6. The van der Waals surface area contributed by atoms with Crippen LogP contribution in [0.15, 0.2) is 21.9 Å².